The molecule has 0 unspecified atom stereocenters. The summed E-state index contributed by atoms with van der Waals surface area (Å²) >= 11 is 6.02. The normalized spacial score (nSPS) is 10.9. The van der Waals surface area contributed by atoms with Gasteiger partial charge in [0.05, 0.1) is 24.7 Å². The van der Waals surface area contributed by atoms with Gasteiger partial charge in [0.1, 0.15) is 0 Å². The highest BCUT2D eigenvalue weighted by Gasteiger charge is 2.11. The van der Waals surface area contributed by atoms with Gasteiger partial charge >= 0.3 is 0 Å². The van der Waals surface area contributed by atoms with Crippen LogP contribution >= 0.6 is 11.6 Å². The van der Waals surface area contributed by atoms with Crippen molar-refractivity contribution in [2.75, 3.05) is 33.4 Å². The van der Waals surface area contributed by atoms with E-state index in [4.69, 9.17) is 21.4 Å². The Hall–Kier alpha value is -1.21. The molecule has 19 heavy (non-hydrogen) atoms. The fraction of sp³-hybridized carbons (Fsp3) is 0.500. The molecular formula is C12H17ClN2O4. The molecule has 0 amide bonds. The molecule has 0 aliphatic heterocycles. The number of non-ortho nitro benzene ring substituents is 1. The molecule has 0 saturated carbocycles. The predicted octanol–water partition coefficient (Wildman–Crippen LogP) is 1.69. The van der Waals surface area contributed by atoms with Crippen LogP contribution in [0.5, 0.6) is 0 Å². The first-order valence-corrected chi connectivity index (χ1v) is 6.22. The number of nitro groups is 1. The van der Waals surface area contributed by atoms with Crippen LogP contribution in [0.4, 0.5) is 5.69 Å². The quantitative estimate of drug-likeness (QED) is 0.447. The third kappa shape index (κ3) is 5.52. The Bertz CT molecular complexity index is 428. The third-order valence-corrected chi connectivity index (χ3v) is 2.90. The van der Waals surface area contributed by atoms with Crippen molar-refractivity contribution in [2.45, 2.75) is 6.54 Å². The SMILES string of the molecule is CN(CCOCCO)Cc1cc([N+](=O)[O-])ccc1Cl. The second-order valence-corrected chi connectivity index (χ2v) is 4.51. The highest BCUT2D eigenvalue weighted by Crippen LogP contribution is 2.22. The van der Waals surface area contributed by atoms with E-state index in [0.29, 0.717) is 36.9 Å². The van der Waals surface area contributed by atoms with Crippen molar-refractivity contribution in [2.24, 2.45) is 0 Å². The molecule has 0 saturated heterocycles. The van der Waals surface area contributed by atoms with Crippen LogP contribution in [-0.2, 0) is 11.3 Å². The molecule has 0 aliphatic rings. The van der Waals surface area contributed by atoms with E-state index in [1.54, 1.807) is 0 Å². The first kappa shape index (κ1) is 15.8. The van der Waals surface area contributed by atoms with E-state index >= 15 is 0 Å². The molecule has 0 aromatic heterocycles. The van der Waals surface area contributed by atoms with Gasteiger partial charge in [-0.1, -0.05) is 11.6 Å². The van der Waals surface area contributed by atoms with E-state index in [0.717, 1.165) is 0 Å². The monoisotopic (exact) mass is 288 g/mol. The average Bonchev–Trinajstić information content (AvgIpc) is 2.37. The molecule has 0 radical (unpaired) electrons. The number of rotatable bonds is 8. The van der Waals surface area contributed by atoms with Crippen molar-refractivity contribution < 1.29 is 14.8 Å². The first-order valence-electron chi connectivity index (χ1n) is 5.84. The zero-order valence-corrected chi connectivity index (χ0v) is 11.5. The van der Waals surface area contributed by atoms with Gasteiger partial charge in [-0.25, -0.2) is 0 Å². The van der Waals surface area contributed by atoms with Gasteiger partial charge in [0, 0.05) is 30.2 Å². The summed E-state index contributed by atoms with van der Waals surface area (Å²) < 4.78 is 5.15. The number of benzene rings is 1. The molecule has 0 heterocycles. The molecule has 1 rings (SSSR count). The van der Waals surface area contributed by atoms with E-state index in [-0.39, 0.29) is 12.3 Å². The molecule has 0 spiro atoms. The number of nitrogens with zero attached hydrogens (tertiary/aromatic N) is 2. The van der Waals surface area contributed by atoms with Crippen molar-refractivity contribution >= 4 is 17.3 Å². The summed E-state index contributed by atoms with van der Waals surface area (Å²) in [5.41, 5.74) is 0.741. The van der Waals surface area contributed by atoms with Crippen LogP contribution in [-0.4, -0.2) is 48.3 Å². The molecule has 106 valence electrons. The number of aliphatic hydroxyl groups excluding tert-OH is 1. The van der Waals surface area contributed by atoms with Crippen LogP contribution in [0.15, 0.2) is 18.2 Å². The number of ether oxygens (including phenoxy) is 1. The summed E-state index contributed by atoms with van der Waals surface area (Å²) in [5.74, 6) is 0. The van der Waals surface area contributed by atoms with Crippen molar-refractivity contribution in [3.63, 3.8) is 0 Å². The minimum Gasteiger partial charge on any atom is -0.394 e. The molecule has 6 nitrogen and oxygen atoms in total. The lowest BCUT2D eigenvalue weighted by atomic mass is 10.2. The maximum absolute atomic E-state index is 10.7. The standard InChI is InChI=1S/C12H17ClN2O4/c1-14(4-6-19-7-5-16)9-10-8-11(15(17)18)2-3-12(10)13/h2-3,8,16H,4-7,9H2,1H3. The summed E-state index contributed by atoms with van der Waals surface area (Å²) in [6.45, 7) is 1.96. The Labute approximate surface area is 116 Å². The molecule has 1 aromatic rings. The molecule has 0 atom stereocenters. The number of nitro benzene ring substituents is 1. The highest BCUT2D eigenvalue weighted by atomic mass is 35.5. The van der Waals surface area contributed by atoms with Crippen molar-refractivity contribution in [3.05, 3.63) is 38.9 Å². The minimum absolute atomic E-state index is 0.000419. The smallest absolute Gasteiger partial charge is 0.269 e. The second-order valence-electron chi connectivity index (χ2n) is 4.11. The second kappa shape index (κ2) is 8.06. The van der Waals surface area contributed by atoms with E-state index in [1.807, 2.05) is 11.9 Å². The Morgan fingerprint density at radius 2 is 2.21 bits per heavy atom. The van der Waals surface area contributed by atoms with Gasteiger partial charge in [0.2, 0.25) is 0 Å². The van der Waals surface area contributed by atoms with Crippen LogP contribution in [0.25, 0.3) is 0 Å². The molecule has 7 heteroatoms. The Morgan fingerprint density at radius 3 is 2.84 bits per heavy atom. The van der Waals surface area contributed by atoms with Crippen molar-refractivity contribution in [1.82, 2.24) is 4.90 Å². The lowest BCUT2D eigenvalue weighted by Crippen LogP contribution is -2.23. The summed E-state index contributed by atoms with van der Waals surface area (Å²) in [6, 6.07) is 4.40. The molecule has 0 aliphatic carbocycles. The van der Waals surface area contributed by atoms with Gasteiger partial charge in [0.15, 0.2) is 0 Å². The van der Waals surface area contributed by atoms with E-state index in [1.165, 1.54) is 18.2 Å². The number of hydrogen-bond donors (Lipinski definition) is 1. The summed E-state index contributed by atoms with van der Waals surface area (Å²) in [5, 5.41) is 19.8. The van der Waals surface area contributed by atoms with E-state index in [2.05, 4.69) is 0 Å². The maximum Gasteiger partial charge on any atom is 0.269 e. The van der Waals surface area contributed by atoms with Gasteiger partial charge in [0.25, 0.3) is 5.69 Å². The first-order chi connectivity index (χ1) is 9.04. The maximum atomic E-state index is 10.7. The molecule has 0 fully saturated rings. The molecule has 1 N–H and O–H groups in total. The van der Waals surface area contributed by atoms with E-state index in [9.17, 15) is 10.1 Å². The van der Waals surface area contributed by atoms with Crippen LogP contribution in [0, 0.1) is 10.1 Å². The predicted molar refractivity (Wildman–Crippen MR) is 72.3 cm³/mol. The lowest BCUT2D eigenvalue weighted by molar-refractivity contribution is -0.384. The average molecular weight is 289 g/mol. The number of halogens is 1. The van der Waals surface area contributed by atoms with Gasteiger partial charge in [-0.2, -0.15) is 0 Å². The van der Waals surface area contributed by atoms with Gasteiger partial charge in [-0.3, -0.25) is 15.0 Å². The van der Waals surface area contributed by atoms with Crippen molar-refractivity contribution in [1.29, 1.82) is 0 Å². The zero-order valence-electron chi connectivity index (χ0n) is 10.7. The van der Waals surface area contributed by atoms with Crippen LogP contribution in [0.1, 0.15) is 5.56 Å². The third-order valence-electron chi connectivity index (χ3n) is 2.53. The zero-order chi connectivity index (χ0) is 14.3. The summed E-state index contributed by atoms with van der Waals surface area (Å²) in [6.07, 6.45) is 0. The Balaban J connectivity index is 2.55. The largest absolute Gasteiger partial charge is 0.394 e. The van der Waals surface area contributed by atoms with Crippen molar-refractivity contribution in [3.8, 4) is 0 Å². The molecular weight excluding hydrogens is 272 g/mol. The van der Waals surface area contributed by atoms with Crippen LogP contribution in [0.3, 0.4) is 0 Å². The Morgan fingerprint density at radius 1 is 1.47 bits per heavy atom. The summed E-state index contributed by atoms with van der Waals surface area (Å²) in [4.78, 5) is 12.2. The summed E-state index contributed by atoms with van der Waals surface area (Å²) in [7, 11) is 1.87. The molecule has 1 aromatic carbocycles. The Kier molecular flexibility index (Phi) is 6.72. The van der Waals surface area contributed by atoms with Gasteiger partial charge < -0.3 is 9.84 Å². The number of aliphatic hydroxyl groups is 1. The minimum atomic E-state index is -0.440. The van der Waals surface area contributed by atoms with E-state index < -0.39 is 4.92 Å². The topological polar surface area (TPSA) is 75.8 Å². The lowest BCUT2D eigenvalue weighted by Gasteiger charge is -2.17. The highest BCUT2D eigenvalue weighted by molar-refractivity contribution is 6.31. The van der Waals surface area contributed by atoms with Gasteiger partial charge in [-0.05, 0) is 18.7 Å². The van der Waals surface area contributed by atoms with Crippen LogP contribution < -0.4 is 0 Å². The number of hydrogen-bond acceptors (Lipinski definition) is 5. The number of likely N-dealkylation sites (N-methyl/N-ethyl adjacent to an activating group) is 1. The molecule has 0 bridgehead atoms. The fourth-order valence-electron chi connectivity index (χ4n) is 1.55. The fourth-order valence-corrected chi connectivity index (χ4v) is 1.73. The van der Waals surface area contributed by atoms with Gasteiger partial charge in [-0.15, -0.1) is 0 Å². The van der Waals surface area contributed by atoms with Crippen LogP contribution in [0.2, 0.25) is 5.02 Å².